The van der Waals surface area contributed by atoms with Crippen LogP contribution in [0.25, 0.3) is 0 Å². The van der Waals surface area contributed by atoms with E-state index in [0.29, 0.717) is 18.8 Å². The second-order valence-corrected chi connectivity index (χ2v) is 8.11. The molecule has 0 saturated heterocycles. The van der Waals surface area contributed by atoms with Gasteiger partial charge in [0.15, 0.2) is 0 Å². The predicted molar refractivity (Wildman–Crippen MR) is 104 cm³/mol. The number of hydrogen-bond acceptors (Lipinski definition) is 4. The molecule has 148 valence electrons. The van der Waals surface area contributed by atoms with Gasteiger partial charge in [-0.1, -0.05) is 37.6 Å². The van der Waals surface area contributed by atoms with Gasteiger partial charge in [-0.05, 0) is 57.3 Å². The lowest BCUT2D eigenvalue weighted by Gasteiger charge is -2.27. The van der Waals surface area contributed by atoms with Crippen molar-refractivity contribution in [1.29, 1.82) is 0 Å². The topological polar surface area (TPSA) is 77.8 Å². The SMILES string of the molecule is CCCC(O)(CC=C[C@H]1[C@H](O)CC(=O)[C@@H]1CC=CCCCCO)C1CC1. The van der Waals surface area contributed by atoms with Crippen molar-refractivity contribution in [2.24, 2.45) is 17.8 Å². The van der Waals surface area contributed by atoms with Gasteiger partial charge in [0.05, 0.1) is 11.7 Å². The van der Waals surface area contributed by atoms with Gasteiger partial charge in [0.1, 0.15) is 5.78 Å². The maximum atomic E-state index is 12.2. The van der Waals surface area contributed by atoms with E-state index in [1.807, 2.05) is 18.2 Å². The molecule has 1 unspecified atom stereocenters. The highest BCUT2D eigenvalue weighted by atomic mass is 16.3. The first-order chi connectivity index (χ1) is 12.5. The number of aliphatic hydroxyl groups excluding tert-OH is 2. The first-order valence-electron chi connectivity index (χ1n) is 10.4. The molecule has 2 fully saturated rings. The summed E-state index contributed by atoms with van der Waals surface area (Å²) < 4.78 is 0. The molecule has 0 aromatic heterocycles. The van der Waals surface area contributed by atoms with Crippen molar-refractivity contribution >= 4 is 5.78 Å². The Morgan fingerprint density at radius 1 is 1.19 bits per heavy atom. The average molecular weight is 365 g/mol. The van der Waals surface area contributed by atoms with Crippen LogP contribution in [-0.2, 0) is 4.79 Å². The van der Waals surface area contributed by atoms with Crippen LogP contribution in [0.5, 0.6) is 0 Å². The Morgan fingerprint density at radius 2 is 1.96 bits per heavy atom. The number of carbonyl (C=O) groups is 1. The number of ketones is 1. The molecule has 0 aromatic carbocycles. The number of Topliss-reactive ketones (excluding diaryl/α,β-unsaturated/α-hetero) is 1. The fourth-order valence-corrected chi connectivity index (χ4v) is 4.22. The maximum Gasteiger partial charge on any atom is 0.139 e. The van der Waals surface area contributed by atoms with Crippen LogP contribution in [0, 0.1) is 17.8 Å². The largest absolute Gasteiger partial charge is 0.396 e. The molecule has 4 heteroatoms. The molecule has 2 aliphatic carbocycles. The summed E-state index contributed by atoms with van der Waals surface area (Å²) in [5.41, 5.74) is -0.610. The molecule has 3 N–H and O–H groups in total. The molecule has 0 aromatic rings. The van der Waals surface area contributed by atoms with Crippen LogP contribution in [0.15, 0.2) is 24.3 Å². The molecule has 4 atom stereocenters. The lowest BCUT2D eigenvalue weighted by Crippen LogP contribution is -2.30. The van der Waals surface area contributed by atoms with E-state index in [0.717, 1.165) is 44.9 Å². The highest BCUT2D eigenvalue weighted by Crippen LogP contribution is 2.44. The summed E-state index contributed by atoms with van der Waals surface area (Å²) in [4.78, 5) is 12.2. The van der Waals surface area contributed by atoms with Crippen LogP contribution >= 0.6 is 0 Å². The molecule has 0 heterocycles. The van der Waals surface area contributed by atoms with Crippen molar-refractivity contribution < 1.29 is 20.1 Å². The summed E-state index contributed by atoms with van der Waals surface area (Å²) in [6.07, 6.45) is 15.7. The van der Waals surface area contributed by atoms with Gasteiger partial charge in [0.2, 0.25) is 0 Å². The predicted octanol–water partition coefficient (Wildman–Crippen LogP) is 3.55. The fourth-order valence-electron chi connectivity index (χ4n) is 4.22. The second-order valence-electron chi connectivity index (χ2n) is 8.11. The minimum atomic E-state index is -0.610. The van der Waals surface area contributed by atoms with Gasteiger partial charge < -0.3 is 15.3 Å². The van der Waals surface area contributed by atoms with Crippen molar-refractivity contribution in [3.05, 3.63) is 24.3 Å². The van der Waals surface area contributed by atoms with Crippen molar-refractivity contribution in [3.63, 3.8) is 0 Å². The standard InChI is InChI=1S/C22H36O4/c1-2-13-22(26,17-11-12-17)14-8-10-19-18(20(24)16-21(19)25)9-6-4-3-5-7-15-23/h4,6,8,10,17-19,21,23,25-26H,2-3,5,7,9,11-16H2,1H3/t18-,19-,21-,22?/m1/s1. The lowest BCUT2D eigenvalue weighted by molar-refractivity contribution is -0.121. The first kappa shape index (κ1) is 21.3. The normalized spacial score (nSPS) is 29.1. The van der Waals surface area contributed by atoms with E-state index in [2.05, 4.69) is 13.0 Å². The minimum absolute atomic E-state index is 0.137. The van der Waals surface area contributed by atoms with Crippen molar-refractivity contribution in [2.45, 2.75) is 82.8 Å². The van der Waals surface area contributed by atoms with E-state index in [9.17, 15) is 15.0 Å². The third-order valence-electron chi connectivity index (χ3n) is 5.92. The molecule has 2 aliphatic rings. The highest BCUT2D eigenvalue weighted by molar-refractivity contribution is 5.84. The van der Waals surface area contributed by atoms with Gasteiger partial charge >= 0.3 is 0 Å². The molecule has 26 heavy (non-hydrogen) atoms. The summed E-state index contributed by atoms with van der Waals surface area (Å²) in [6, 6.07) is 0. The Hall–Kier alpha value is -0.970. The third kappa shape index (κ3) is 6.04. The summed E-state index contributed by atoms with van der Waals surface area (Å²) in [5, 5.41) is 29.9. The summed E-state index contributed by atoms with van der Waals surface area (Å²) >= 11 is 0. The zero-order valence-corrected chi connectivity index (χ0v) is 16.1. The van der Waals surface area contributed by atoms with Gasteiger partial charge in [-0.25, -0.2) is 0 Å². The molecule has 2 saturated carbocycles. The monoisotopic (exact) mass is 364 g/mol. The van der Waals surface area contributed by atoms with Gasteiger partial charge in [0, 0.05) is 24.9 Å². The van der Waals surface area contributed by atoms with Gasteiger partial charge in [-0.3, -0.25) is 4.79 Å². The summed E-state index contributed by atoms with van der Waals surface area (Å²) in [7, 11) is 0. The number of carbonyl (C=O) groups excluding carboxylic acids is 1. The summed E-state index contributed by atoms with van der Waals surface area (Å²) in [6.45, 7) is 2.32. The van der Waals surface area contributed by atoms with Crippen LogP contribution in [0.1, 0.15) is 71.1 Å². The van der Waals surface area contributed by atoms with E-state index in [4.69, 9.17) is 5.11 Å². The van der Waals surface area contributed by atoms with Crippen LogP contribution < -0.4 is 0 Å². The van der Waals surface area contributed by atoms with Crippen LogP contribution in [0.3, 0.4) is 0 Å². The van der Waals surface area contributed by atoms with Crippen molar-refractivity contribution in [3.8, 4) is 0 Å². The van der Waals surface area contributed by atoms with E-state index < -0.39 is 11.7 Å². The van der Waals surface area contributed by atoms with E-state index in [-0.39, 0.29) is 30.6 Å². The van der Waals surface area contributed by atoms with Gasteiger partial charge in [-0.2, -0.15) is 0 Å². The quantitative estimate of drug-likeness (QED) is 0.366. The second kappa shape index (κ2) is 10.4. The Labute approximate surface area is 158 Å². The van der Waals surface area contributed by atoms with Crippen molar-refractivity contribution in [1.82, 2.24) is 0 Å². The maximum absolute atomic E-state index is 12.2. The number of rotatable bonds is 12. The van der Waals surface area contributed by atoms with Gasteiger partial charge in [0.25, 0.3) is 0 Å². The Kier molecular flexibility index (Phi) is 8.52. The molecule has 0 bridgehead atoms. The van der Waals surface area contributed by atoms with Crippen molar-refractivity contribution in [2.75, 3.05) is 6.61 Å². The van der Waals surface area contributed by atoms with Crippen LogP contribution in [0.4, 0.5) is 0 Å². The van der Waals surface area contributed by atoms with Gasteiger partial charge in [-0.15, -0.1) is 0 Å². The molecular weight excluding hydrogens is 328 g/mol. The zero-order chi connectivity index (χ0) is 19.0. The number of unbranched alkanes of at least 4 members (excludes halogenated alkanes) is 2. The Balaban J connectivity index is 1.88. The molecule has 2 rings (SSSR count). The molecule has 0 spiro atoms. The Morgan fingerprint density at radius 3 is 2.62 bits per heavy atom. The smallest absolute Gasteiger partial charge is 0.139 e. The van der Waals surface area contributed by atoms with Crippen LogP contribution in [0.2, 0.25) is 0 Å². The molecule has 0 amide bonds. The molecule has 0 radical (unpaired) electrons. The highest BCUT2D eigenvalue weighted by Gasteiger charge is 2.42. The summed E-state index contributed by atoms with van der Waals surface area (Å²) in [5.74, 6) is 0.253. The first-order valence-corrected chi connectivity index (χ1v) is 10.4. The molecular formula is C22H36O4. The van der Waals surface area contributed by atoms with E-state index >= 15 is 0 Å². The fraction of sp³-hybridized carbons (Fsp3) is 0.773. The minimum Gasteiger partial charge on any atom is -0.396 e. The van der Waals surface area contributed by atoms with E-state index in [1.165, 1.54) is 0 Å². The lowest BCUT2D eigenvalue weighted by atomic mass is 9.86. The molecule has 0 aliphatic heterocycles. The number of allylic oxidation sites excluding steroid dienone is 2. The Bertz CT molecular complexity index is 494. The zero-order valence-electron chi connectivity index (χ0n) is 16.1. The number of aliphatic hydroxyl groups is 3. The van der Waals surface area contributed by atoms with E-state index in [1.54, 1.807) is 0 Å². The number of hydrogen-bond donors (Lipinski definition) is 3. The van der Waals surface area contributed by atoms with Crippen LogP contribution in [-0.4, -0.2) is 39.4 Å². The molecule has 4 nitrogen and oxygen atoms in total. The third-order valence-corrected chi connectivity index (χ3v) is 5.92. The average Bonchev–Trinajstić information content (AvgIpc) is 3.41.